The Morgan fingerprint density at radius 3 is 2.54 bits per heavy atom. The smallest absolute Gasteiger partial charge is 0.354 e. The predicted molar refractivity (Wildman–Crippen MR) is 99.2 cm³/mol. The SMILES string of the molecule is CN=C(NCc1ccc(F)cc1C(F)(F)F)NCC(c1cnn(C)c1)N(C)C. The Kier molecular flexibility index (Phi) is 7.00. The average molecular weight is 400 g/mol. The van der Waals surface area contributed by atoms with Gasteiger partial charge in [-0.15, -0.1) is 0 Å². The van der Waals surface area contributed by atoms with Crippen LogP contribution in [0.2, 0.25) is 0 Å². The van der Waals surface area contributed by atoms with Crippen molar-refractivity contribution in [3.8, 4) is 0 Å². The van der Waals surface area contributed by atoms with Gasteiger partial charge in [0, 0.05) is 38.9 Å². The van der Waals surface area contributed by atoms with Crippen LogP contribution in [-0.2, 0) is 19.8 Å². The fourth-order valence-electron chi connectivity index (χ4n) is 2.77. The first-order valence-electron chi connectivity index (χ1n) is 8.57. The number of guanidine groups is 1. The molecular weight excluding hydrogens is 376 g/mol. The summed E-state index contributed by atoms with van der Waals surface area (Å²) in [6, 6.07) is 2.62. The van der Waals surface area contributed by atoms with E-state index in [2.05, 4.69) is 20.7 Å². The standard InChI is InChI=1S/C18H24F4N6/c1-23-17(25-10-16(27(2)3)13-9-26-28(4)11-13)24-8-12-5-6-14(19)7-15(12)18(20,21)22/h5-7,9,11,16H,8,10H2,1-4H3,(H2,23,24,25). The van der Waals surface area contributed by atoms with Crippen LogP contribution in [-0.4, -0.2) is 48.3 Å². The normalized spacial score (nSPS) is 13.7. The highest BCUT2D eigenvalue weighted by molar-refractivity contribution is 5.79. The number of aliphatic imine (C=N–C) groups is 1. The van der Waals surface area contributed by atoms with E-state index in [1.165, 1.54) is 7.05 Å². The largest absolute Gasteiger partial charge is 0.416 e. The second kappa shape index (κ2) is 9.05. The number of nitrogens with zero attached hydrogens (tertiary/aromatic N) is 4. The number of aryl methyl sites for hydroxylation is 1. The molecule has 0 aliphatic rings. The van der Waals surface area contributed by atoms with Gasteiger partial charge >= 0.3 is 6.18 Å². The number of benzene rings is 1. The molecule has 1 unspecified atom stereocenters. The number of nitrogens with one attached hydrogen (secondary N) is 2. The Morgan fingerprint density at radius 1 is 1.29 bits per heavy atom. The quantitative estimate of drug-likeness (QED) is 0.445. The molecule has 1 heterocycles. The molecule has 154 valence electrons. The molecule has 1 atom stereocenters. The summed E-state index contributed by atoms with van der Waals surface area (Å²) < 4.78 is 54.3. The van der Waals surface area contributed by atoms with Crippen LogP contribution in [0.4, 0.5) is 17.6 Å². The van der Waals surface area contributed by atoms with Gasteiger partial charge in [-0.1, -0.05) is 6.07 Å². The predicted octanol–water partition coefficient (Wildman–Crippen LogP) is 2.55. The fraction of sp³-hybridized carbons (Fsp3) is 0.444. The van der Waals surface area contributed by atoms with Gasteiger partial charge in [-0.3, -0.25) is 9.67 Å². The molecule has 10 heteroatoms. The van der Waals surface area contributed by atoms with Crippen molar-refractivity contribution in [3.05, 3.63) is 53.1 Å². The Bertz CT molecular complexity index is 813. The molecule has 0 saturated carbocycles. The monoisotopic (exact) mass is 400 g/mol. The molecule has 0 aliphatic heterocycles. The second-order valence-electron chi connectivity index (χ2n) is 6.53. The molecule has 0 bridgehead atoms. The third kappa shape index (κ3) is 5.69. The number of rotatable bonds is 6. The average Bonchev–Trinajstić information content (AvgIpc) is 3.03. The van der Waals surface area contributed by atoms with E-state index in [1.807, 2.05) is 32.2 Å². The van der Waals surface area contributed by atoms with Crippen molar-refractivity contribution in [2.75, 3.05) is 27.7 Å². The lowest BCUT2D eigenvalue weighted by Gasteiger charge is -2.24. The molecule has 0 amide bonds. The number of alkyl halides is 3. The molecule has 2 aromatic rings. The zero-order chi connectivity index (χ0) is 20.9. The van der Waals surface area contributed by atoms with Gasteiger partial charge in [0.05, 0.1) is 17.8 Å². The minimum absolute atomic E-state index is 0.0104. The molecule has 2 rings (SSSR count). The summed E-state index contributed by atoms with van der Waals surface area (Å²) in [6.07, 6.45) is -0.973. The highest BCUT2D eigenvalue weighted by Gasteiger charge is 2.33. The first kappa shape index (κ1) is 21.7. The molecule has 0 spiro atoms. The third-order valence-corrected chi connectivity index (χ3v) is 4.24. The Labute approximate surface area is 161 Å². The van der Waals surface area contributed by atoms with E-state index in [9.17, 15) is 17.6 Å². The summed E-state index contributed by atoms with van der Waals surface area (Å²) in [5, 5.41) is 10.1. The van der Waals surface area contributed by atoms with Crippen molar-refractivity contribution in [1.82, 2.24) is 25.3 Å². The number of aromatic nitrogens is 2. The van der Waals surface area contributed by atoms with Crippen molar-refractivity contribution in [2.45, 2.75) is 18.8 Å². The van der Waals surface area contributed by atoms with Crippen LogP contribution in [0, 0.1) is 5.82 Å². The minimum Gasteiger partial charge on any atom is -0.354 e. The van der Waals surface area contributed by atoms with Gasteiger partial charge in [0.25, 0.3) is 0 Å². The minimum atomic E-state index is -4.63. The summed E-state index contributed by atoms with van der Waals surface area (Å²) in [7, 11) is 7.19. The van der Waals surface area contributed by atoms with E-state index in [0.29, 0.717) is 18.6 Å². The van der Waals surface area contributed by atoms with Crippen LogP contribution in [0.5, 0.6) is 0 Å². The maximum atomic E-state index is 13.2. The number of likely N-dealkylation sites (N-methyl/N-ethyl adjacent to an activating group) is 1. The molecule has 28 heavy (non-hydrogen) atoms. The van der Waals surface area contributed by atoms with Crippen LogP contribution in [0.15, 0.2) is 35.6 Å². The van der Waals surface area contributed by atoms with E-state index in [0.717, 1.165) is 17.7 Å². The second-order valence-corrected chi connectivity index (χ2v) is 6.53. The summed E-state index contributed by atoms with van der Waals surface area (Å²) in [5.41, 5.74) is -0.0707. The van der Waals surface area contributed by atoms with Gasteiger partial charge < -0.3 is 15.5 Å². The van der Waals surface area contributed by atoms with Gasteiger partial charge in [0.2, 0.25) is 0 Å². The highest BCUT2D eigenvalue weighted by Crippen LogP contribution is 2.32. The van der Waals surface area contributed by atoms with Crippen LogP contribution < -0.4 is 10.6 Å². The molecule has 2 N–H and O–H groups in total. The lowest BCUT2D eigenvalue weighted by atomic mass is 10.1. The molecule has 0 saturated heterocycles. The van der Waals surface area contributed by atoms with E-state index >= 15 is 0 Å². The lowest BCUT2D eigenvalue weighted by Crippen LogP contribution is -2.41. The van der Waals surface area contributed by atoms with Crippen molar-refractivity contribution >= 4 is 5.96 Å². The Hall–Kier alpha value is -2.62. The van der Waals surface area contributed by atoms with Crippen molar-refractivity contribution in [1.29, 1.82) is 0 Å². The lowest BCUT2D eigenvalue weighted by molar-refractivity contribution is -0.138. The van der Waals surface area contributed by atoms with E-state index < -0.39 is 17.6 Å². The first-order valence-corrected chi connectivity index (χ1v) is 8.57. The number of halogens is 4. The van der Waals surface area contributed by atoms with Gasteiger partial charge in [-0.05, 0) is 31.8 Å². The van der Waals surface area contributed by atoms with Crippen LogP contribution in [0.1, 0.15) is 22.7 Å². The molecule has 0 aliphatic carbocycles. The van der Waals surface area contributed by atoms with Crippen LogP contribution in [0.3, 0.4) is 0 Å². The van der Waals surface area contributed by atoms with Gasteiger partial charge in [0.1, 0.15) is 5.82 Å². The van der Waals surface area contributed by atoms with E-state index in [-0.39, 0.29) is 18.2 Å². The zero-order valence-corrected chi connectivity index (χ0v) is 16.2. The van der Waals surface area contributed by atoms with Crippen molar-refractivity contribution in [3.63, 3.8) is 0 Å². The first-order chi connectivity index (χ1) is 13.1. The van der Waals surface area contributed by atoms with Gasteiger partial charge in [0.15, 0.2) is 5.96 Å². The molecule has 6 nitrogen and oxygen atoms in total. The Balaban J connectivity index is 2.04. The molecule has 0 fully saturated rings. The van der Waals surface area contributed by atoms with Crippen LogP contribution >= 0.6 is 0 Å². The van der Waals surface area contributed by atoms with E-state index in [4.69, 9.17) is 0 Å². The summed E-state index contributed by atoms with van der Waals surface area (Å²) in [4.78, 5) is 6.04. The maximum absolute atomic E-state index is 13.2. The van der Waals surface area contributed by atoms with Gasteiger partial charge in [-0.2, -0.15) is 18.3 Å². The highest BCUT2D eigenvalue weighted by atomic mass is 19.4. The summed E-state index contributed by atoms with van der Waals surface area (Å²) >= 11 is 0. The maximum Gasteiger partial charge on any atom is 0.416 e. The molecule has 0 radical (unpaired) electrons. The van der Waals surface area contributed by atoms with Crippen molar-refractivity contribution < 1.29 is 17.6 Å². The zero-order valence-electron chi connectivity index (χ0n) is 16.2. The fourth-order valence-corrected chi connectivity index (χ4v) is 2.77. The Morgan fingerprint density at radius 2 is 2.00 bits per heavy atom. The van der Waals surface area contributed by atoms with E-state index in [1.54, 1.807) is 10.9 Å². The van der Waals surface area contributed by atoms with Crippen molar-refractivity contribution in [2.24, 2.45) is 12.0 Å². The summed E-state index contributed by atoms with van der Waals surface area (Å²) in [6.45, 7) is 0.322. The molecule has 1 aromatic carbocycles. The summed E-state index contributed by atoms with van der Waals surface area (Å²) in [5.74, 6) is -0.586. The van der Waals surface area contributed by atoms with Crippen LogP contribution in [0.25, 0.3) is 0 Å². The number of hydrogen-bond donors (Lipinski definition) is 2. The molecule has 1 aromatic heterocycles. The number of hydrogen-bond acceptors (Lipinski definition) is 3. The van der Waals surface area contributed by atoms with Gasteiger partial charge in [-0.25, -0.2) is 4.39 Å². The topological polar surface area (TPSA) is 57.5 Å². The molecular formula is C18H24F4N6. The third-order valence-electron chi connectivity index (χ3n) is 4.24.